The van der Waals surface area contributed by atoms with E-state index in [0.29, 0.717) is 40.4 Å². The van der Waals surface area contributed by atoms with Crippen LogP contribution >= 0.6 is 0 Å². The van der Waals surface area contributed by atoms with Crippen molar-refractivity contribution in [2.45, 2.75) is 26.4 Å². The van der Waals surface area contributed by atoms with Crippen molar-refractivity contribution in [2.75, 3.05) is 13.7 Å². The maximum absolute atomic E-state index is 15.0. The van der Waals surface area contributed by atoms with Crippen molar-refractivity contribution in [3.63, 3.8) is 0 Å². The number of aromatic amines is 1. The average molecular weight is 571 g/mol. The van der Waals surface area contributed by atoms with Crippen LogP contribution in [0.1, 0.15) is 28.5 Å². The van der Waals surface area contributed by atoms with E-state index in [-0.39, 0.29) is 23.8 Å². The maximum atomic E-state index is 15.0. The molecule has 0 aliphatic rings. The lowest BCUT2D eigenvalue weighted by Crippen LogP contribution is -2.38. The summed E-state index contributed by atoms with van der Waals surface area (Å²) < 4.78 is 27.5. The van der Waals surface area contributed by atoms with Crippen molar-refractivity contribution in [1.82, 2.24) is 20.1 Å². The van der Waals surface area contributed by atoms with Crippen molar-refractivity contribution in [2.24, 2.45) is 5.92 Å². The molecule has 42 heavy (non-hydrogen) atoms. The number of para-hydroxylation sites is 1. The third kappa shape index (κ3) is 6.03. The Balaban J connectivity index is 1.20. The van der Waals surface area contributed by atoms with Gasteiger partial charge in [-0.1, -0.05) is 31.2 Å². The van der Waals surface area contributed by atoms with Crippen molar-refractivity contribution in [1.29, 1.82) is 0 Å². The fourth-order valence-corrected chi connectivity index (χ4v) is 4.76. The summed E-state index contributed by atoms with van der Waals surface area (Å²) in [6.07, 6.45) is 1.02. The minimum Gasteiger partial charge on any atom is -0.497 e. The van der Waals surface area contributed by atoms with Crippen LogP contribution in [0.3, 0.4) is 0 Å². The van der Waals surface area contributed by atoms with Crippen LogP contribution in [-0.4, -0.2) is 45.5 Å². The van der Waals surface area contributed by atoms with E-state index in [1.54, 1.807) is 87.8 Å². The molecular weight excluding hydrogens is 539 g/mol. The van der Waals surface area contributed by atoms with Gasteiger partial charge in [0.1, 0.15) is 17.1 Å². The number of ether oxygens (including phenoxy) is 2. The van der Waals surface area contributed by atoms with Crippen LogP contribution in [0.15, 0.2) is 83.8 Å². The van der Waals surface area contributed by atoms with Crippen molar-refractivity contribution in [3.8, 4) is 22.9 Å². The predicted octanol–water partition coefficient (Wildman–Crippen LogP) is 4.93. The summed E-state index contributed by atoms with van der Waals surface area (Å²) in [5, 5.41) is 17.0. The number of halogens is 1. The Bertz CT molecular complexity index is 1780. The number of pyridine rings is 1. The Morgan fingerprint density at radius 1 is 1.10 bits per heavy atom. The second kappa shape index (κ2) is 12.3. The van der Waals surface area contributed by atoms with Gasteiger partial charge in [0.15, 0.2) is 11.6 Å². The van der Waals surface area contributed by atoms with Gasteiger partial charge in [-0.15, -0.1) is 0 Å². The van der Waals surface area contributed by atoms with Gasteiger partial charge in [-0.25, -0.2) is 9.07 Å². The van der Waals surface area contributed by atoms with E-state index in [2.05, 4.69) is 15.4 Å². The molecule has 0 radical (unpaired) electrons. The van der Waals surface area contributed by atoms with Gasteiger partial charge in [-0.3, -0.25) is 19.7 Å². The second-order valence-electron chi connectivity index (χ2n) is 10.1. The Morgan fingerprint density at radius 2 is 1.88 bits per heavy atom. The molecule has 2 unspecified atom stereocenters. The van der Waals surface area contributed by atoms with E-state index < -0.39 is 23.4 Å². The number of H-pyrrole nitrogens is 1. The number of aryl methyl sites for hydroxylation is 1. The fourth-order valence-electron chi connectivity index (χ4n) is 4.76. The lowest BCUT2D eigenvalue weighted by atomic mass is 9.95. The van der Waals surface area contributed by atoms with Gasteiger partial charge in [0.25, 0.3) is 11.5 Å². The number of nitrogens with one attached hydrogen (secondary N) is 2. The van der Waals surface area contributed by atoms with Gasteiger partial charge in [-0.2, -0.15) is 0 Å². The van der Waals surface area contributed by atoms with Gasteiger partial charge in [0.05, 0.1) is 24.4 Å². The number of methoxy groups -OCH3 is 1. The number of aliphatic hydroxyl groups is 1. The van der Waals surface area contributed by atoms with E-state index >= 15 is 4.39 Å². The van der Waals surface area contributed by atoms with Crippen LogP contribution in [0.25, 0.3) is 16.6 Å². The number of hydrogen-bond donors (Lipinski definition) is 3. The lowest BCUT2D eigenvalue weighted by Gasteiger charge is -2.19. The first-order valence-corrected chi connectivity index (χ1v) is 13.5. The van der Waals surface area contributed by atoms with E-state index in [1.807, 2.05) is 6.07 Å². The largest absolute Gasteiger partial charge is 0.497 e. The van der Waals surface area contributed by atoms with Crippen LogP contribution in [0.5, 0.6) is 17.2 Å². The number of rotatable bonds is 10. The van der Waals surface area contributed by atoms with Crippen molar-refractivity contribution < 1.29 is 23.8 Å². The van der Waals surface area contributed by atoms with Gasteiger partial charge in [-0.05, 0) is 67.3 Å². The molecule has 3 aromatic carbocycles. The number of nitrogens with zero attached hydrogens (tertiary/aromatic N) is 2. The molecule has 5 rings (SSSR count). The average Bonchev–Trinajstić information content (AvgIpc) is 3.30. The number of amides is 1. The van der Waals surface area contributed by atoms with Crippen LogP contribution in [0.2, 0.25) is 0 Å². The smallest absolute Gasteiger partial charge is 0.284 e. The zero-order valence-electron chi connectivity index (χ0n) is 23.4. The highest BCUT2D eigenvalue weighted by Crippen LogP contribution is 2.32. The first-order chi connectivity index (χ1) is 20.2. The Labute approximate surface area is 241 Å². The summed E-state index contributed by atoms with van der Waals surface area (Å²) in [5.74, 6) is -0.260. The molecule has 9 nitrogen and oxygen atoms in total. The SMILES string of the molecule is COc1ccc2c(Oc3ccc(CC(C)C(O)CNC(=O)c4c(C)[nH]n(-c5ccccc5)c4=O)cc3F)ccnc2c1. The molecule has 3 N–H and O–H groups in total. The molecule has 2 aromatic heterocycles. The highest BCUT2D eigenvalue weighted by atomic mass is 19.1. The van der Waals surface area contributed by atoms with Crippen molar-refractivity contribution in [3.05, 3.63) is 112 Å². The summed E-state index contributed by atoms with van der Waals surface area (Å²) in [5.41, 5.74) is 1.85. The van der Waals surface area contributed by atoms with Gasteiger partial charge >= 0.3 is 0 Å². The molecule has 0 fully saturated rings. The monoisotopic (exact) mass is 570 g/mol. The third-order valence-electron chi connectivity index (χ3n) is 7.13. The summed E-state index contributed by atoms with van der Waals surface area (Å²) in [6, 6.07) is 20.6. The Hall–Kier alpha value is -4.96. The molecule has 0 bridgehead atoms. The quantitative estimate of drug-likeness (QED) is 0.219. The molecule has 2 atom stereocenters. The zero-order chi connectivity index (χ0) is 29.8. The Morgan fingerprint density at radius 3 is 2.62 bits per heavy atom. The number of carbonyl (C=O) groups excluding carboxylic acids is 1. The summed E-state index contributed by atoms with van der Waals surface area (Å²) in [4.78, 5) is 30.0. The van der Waals surface area contributed by atoms with E-state index in [1.165, 1.54) is 10.7 Å². The molecular formula is C32H31FN4O5. The van der Waals surface area contributed by atoms with Crippen LogP contribution in [0.4, 0.5) is 4.39 Å². The van der Waals surface area contributed by atoms with E-state index in [4.69, 9.17) is 9.47 Å². The molecule has 216 valence electrons. The number of carbonyl (C=O) groups is 1. The van der Waals surface area contributed by atoms with Crippen molar-refractivity contribution >= 4 is 16.8 Å². The molecule has 10 heteroatoms. The second-order valence-corrected chi connectivity index (χ2v) is 10.1. The fraction of sp³-hybridized carbons (Fsp3) is 0.219. The number of hydrogen-bond acceptors (Lipinski definition) is 6. The van der Waals surface area contributed by atoms with E-state index in [9.17, 15) is 14.7 Å². The van der Waals surface area contributed by atoms with E-state index in [0.717, 1.165) is 5.39 Å². The number of aromatic nitrogens is 3. The number of benzene rings is 3. The molecule has 0 aliphatic heterocycles. The zero-order valence-corrected chi connectivity index (χ0v) is 23.4. The first-order valence-electron chi connectivity index (χ1n) is 13.5. The summed E-state index contributed by atoms with van der Waals surface area (Å²) >= 11 is 0. The number of fused-ring (bicyclic) bond motifs is 1. The maximum Gasteiger partial charge on any atom is 0.284 e. The highest BCUT2D eigenvalue weighted by Gasteiger charge is 2.22. The lowest BCUT2D eigenvalue weighted by molar-refractivity contribution is 0.0853. The third-order valence-corrected chi connectivity index (χ3v) is 7.13. The Kier molecular flexibility index (Phi) is 8.35. The first kappa shape index (κ1) is 28.6. The molecule has 1 amide bonds. The number of aliphatic hydroxyl groups excluding tert-OH is 1. The minimum atomic E-state index is -0.927. The topological polar surface area (TPSA) is 118 Å². The van der Waals surface area contributed by atoms with Gasteiger partial charge in [0.2, 0.25) is 0 Å². The van der Waals surface area contributed by atoms with Gasteiger partial charge in [0, 0.05) is 29.9 Å². The molecule has 0 aliphatic carbocycles. The standard InChI is InChI=1S/C32H31FN4O5/c1-19(27(38)18-35-31(39)30-20(2)36-37(32(30)40)22-7-5-4-6-8-22)15-21-9-12-29(25(33)16-21)42-28-13-14-34-26-17-23(41-3)10-11-24(26)28/h4-14,16-17,19,27,36,38H,15,18H2,1-3H3,(H,35,39). The highest BCUT2D eigenvalue weighted by molar-refractivity contribution is 5.95. The van der Waals surface area contributed by atoms with Crippen LogP contribution in [-0.2, 0) is 6.42 Å². The van der Waals surface area contributed by atoms with Crippen LogP contribution in [0, 0.1) is 18.7 Å². The molecule has 2 heterocycles. The summed E-state index contributed by atoms with van der Waals surface area (Å²) in [6.45, 7) is 3.38. The van der Waals surface area contributed by atoms with Gasteiger partial charge < -0.3 is 19.9 Å². The predicted molar refractivity (Wildman–Crippen MR) is 157 cm³/mol. The molecule has 0 saturated carbocycles. The molecule has 0 spiro atoms. The van der Waals surface area contributed by atoms with Crippen LogP contribution < -0.4 is 20.3 Å². The molecule has 0 saturated heterocycles. The summed E-state index contributed by atoms with van der Waals surface area (Å²) in [7, 11) is 1.57. The normalized spacial score (nSPS) is 12.6. The molecule has 5 aromatic rings. The minimum absolute atomic E-state index is 0.0162.